The molecule has 1 N–H and O–H groups in total. The summed E-state index contributed by atoms with van der Waals surface area (Å²) >= 11 is 0. The van der Waals surface area contributed by atoms with Crippen LogP contribution in [0.15, 0.2) is 72.6 Å². The number of unbranched alkanes of at least 4 members (excludes halogenated alkanes) is 1. The fourth-order valence-electron chi connectivity index (χ4n) is 4.30. The van der Waals surface area contributed by atoms with Gasteiger partial charge in [-0.15, -0.1) is 0 Å². The van der Waals surface area contributed by atoms with Crippen molar-refractivity contribution in [3.63, 3.8) is 0 Å². The van der Waals surface area contributed by atoms with Crippen molar-refractivity contribution >= 4 is 17.4 Å². The summed E-state index contributed by atoms with van der Waals surface area (Å²) in [4.78, 5) is 32.1. The summed E-state index contributed by atoms with van der Waals surface area (Å²) in [5.74, 6) is -0.103. The molecule has 192 valence electrons. The van der Waals surface area contributed by atoms with Crippen molar-refractivity contribution in [2.75, 3.05) is 20.8 Å². The molecule has 4 rings (SSSR count). The van der Waals surface area contributed by atoms with Crippen LogP contribution in [0.5, 0.6) is 17.2 Å². The third kappa shape index (κ3) is 5.43. The molecule has 8 nitrogen and oxygen atoms in total. The highest BCUT2D eigenvalue weighted by Gasteiger charge is 2.46. The van der Waals surface area contributed by atoms with E-state index < -0.39 is 17.7 Å². The van der Waals surface area contributed by atoms with E-state index in [1.165, 1.54) is 19.1 Å². The number of amides is 1. The number of likely N-dealkylation sites (tertiary alicyclic amines) is 1. The molecule has 37 heavy (non-hydrogen) atoms. The third-order valence-corrected chi connectivity index (χ3v) is 6.23. The first-order valence-electron chi connectivity index (χ1n) is 12.1. The van der Waals surface area contributed by atoms with Gasteiger partial charge < -0.3 is 24.2 Å². The highest BCUT2D eigenvalue weighted by Crippen LogP contribution is 2.42. The molecule has 1 fully saturated rings. The van der Waals surface area contributed by atoms with E-state index in [1.807, 2.05) is 6.07 Å². The standard InChI is InChI=1S/C29H30N2O6/c1-4-5-15-37-22-11-8-20(9-12-22)27(32)25-26(21-10-13-23(35-2)24(16-21)36-3)31(29(34)28(25)33)18-19-7-6-14-30-17-19/h6-14,16-17,26,32H,4-5,15,18H2,1-3H3/b27-25+/t26-/m0/s1. The summed E-state index contributed by atoms with van der Waals surface area (Å²) in [7, 11) is 3.04. The lowest BCUT2D eigenvalue weighted by Gasteiger charge is -2.26. The van der Waals surface area contributed by atoms with Gasteiger partial charge in [0, 0.05) is 24.5 Å². The van der Waals surface area contributed by atoms with E-state index in [2.05, 4.69) is 11.9 Å². The first-order chi connectivity index (χ1) is 18.0. The highest BCUT2D eigenvalue weighted by atomic mass is 16.5. The van der Waals surface area contributed by atoms with Crippen LogP contribution in [0, 0.1) is 0 Å². The normalized spacial score (nSPS) is 16.6. The molecule has 1 aliphatic rings. The second-order valence-corrected chi connectivity index (χ2v) is 8.63. The maximum absolute atomic E-state index is 13.3. The van der Waals surface area contributed by atoms with E-state index in [1.54, 1.807) is 60.9 Å². The van der Waals surface area contributed by atoms with Crippen LogP contribution in [-0.2, 0) is 16.1 Å². The summed E-state index contributed by atoms with van der Waals surface area (Å²) in [6.07, 6.45) is 5.24. The monoisotopic (exact) mass is 502 g/mol. The van der Waals surface area contributed by atoms with Gasteiger partial charge in [0.2, 0.25) is 0 Å². The smallest absolute Gasteiger partial charge is 0.295 e. The number of hydrogen-bond acceptors (Lipinski definition) is 7. The number of Topliss-reactive ketones (excluding diaryl/α,β-unsaturated/α-hetero) is 1. The average Bonchev–Trinajstić information content (AvgIpc) is 3.18. The number of aliphatic hydroxyl groups excluding tert-OH is 1. The molecule has 2 aromatic carbocycles. The van der Waals surface area contributed by atoms with Crippen LogP contribution >= 0.6 is 0 Å². The number of ether oxygens (including phenoxy) is 3. The van der Waals surface area contributed by atoms with Crippen molar-refractivity contribution in [3.8, 4) is 17.2 Å². The van der Waals surface area contributed by atoms with Gasteiger partial charge in [-0.3, -0.25) is 14.6 Å². The predicted octanol–water partition coefficient (Wildman–Crippen LogP) is 4.90. The zero-order valence-electron chi connectivity index (χ0n) is 21.1. The molecule has 3 aromatic rings. The van der Waals surface area contributed by atoms with Crippen LogP contribution in [0.3, 0.4) is 0 Å². The van der Waals surface area contributed by atoms with E-state index in [0.29, 0.717) is 35.0 Å². The van der Waals surface area contributed by atoms with Gasteiger partial charge in [0.15, 0.2) is 11.5 Å². The number of aliphatic hydroxyl groups is 1. The minimum Gasteiger partial charge on any atom is -0.507 e. The Balaban J connectivity index is 1.79. The average molecular weight is 503 g/mol. The van der Waals surface area contributed by atoms with Gasteiger partial charge in [-0.2, -0.15) is 0 Å². The number of methoxy groups -OCH3 is 2. The molecule has 1 aromatic heterocycles. The third-order valence-electron chi connectivity index (χ3n) is 6.23. The Bertz CT molecular complexity index is 1290. The van der Waals surface area contributed by atoms with Crippen molar-refractivity contribution in [2.45, 2.75) is 32.4 Å². The van der Waals surface area contributed by atoms with Crippen molar-refractivity contribution in [1.82, 2.24) is 9.88 Å². The minimum absolute atomic E-state index is 0.000705. The van der Waals surface area contributed by atoms with Gasteiger partial charge in [-0.1, -0.05) is 25.5 Å². The van der Waals surface area contributed by atoms with Crippen LogP contribution < -0.4 is 14.2 Å². The van der Waals surface area contributed by atoms with Crippen molar-refractivity contribution in [2.24, 2.45) is 0 Å². The number of nitrogens with zero attached hydrogens (tertiary/aromatic N) is 2. The van der Waals surface area contributed by atoms with Crippen molar-refractivity contribution in [1.29, 1.82) is 0 Å². The molecule has 0 bridgehead atoms. The molecule has 2 heterocycles. The van der Waals surface area contributed by atoms with Crippen LogP contribution in [0.4, 0.5) is 0 Å². The maximum Gasteiger partial charge on any atom is 0.295 e. The molecule has 0 unspecified atom stereocenters. The van der Waals surface area contributed by atoms with E-state index in [9.17, 15) is 14.7 Å². The second-order valence-electron chi connectivity index (χ2n) is 8.63. The zero-order valence-corrected chi connectivity index (χ0v) is 21.1. The fraction of sp³-hybridized carbons (Fsp3) is 0.276. The van der Waals surface area contributed by atoms with Crippen molar-refractivity contribution in [3.05, 3.63) is 89.3 Å². The predicted molar refractivity (Wildman–Crippen MR) is 138 cm³/mol. The summed E-state index contributed by atoms with van der Waals surface area (Å²) in [6, 6.07) is 14.8. The number of hydrogen-bond donors (Lipinski definition) is 1. The Labute approximate surface area is 216 Å². The number of rotatable bonds is 10. The lowest BCUT2D eigenvalue weighted by Crippen LogP contribution is -2.29. The topological polar surface area (TPSA) is 98.2 Å². The van der Waals surface area contributed by atoms with Gasteiger partial charge in [0.25, 0.3) is 11.7 Å². The highest BCUT2D eigenvalue weighted by molar-refractivity contribution is 6.46. The summed E-state index contributed by atoms with van der Waals surface area (Å²) < 4.78 is 16.5. The molecule has 1 aliphatic heterocycles. The molecule has 0 saturated carbocycles. The Morgan fingerprint density at radius 1 is 1.03 bits per heavy atom. The minimum atomic E-state index is -0.847. The second kappa shape index (κ2) is 11.6. The lowest BCUT2D eigenvalue weighted by molar-refractivity contribution is -0.140. The van der Waals surface area contributed by atoms with Crippen molar-refractivity contribution < 1.29 is 28.9 Å². The maximum atomic E-state index is 13.3. The van der Waals surface area contributed by atoms with Gasteiger partial charge in [-0.25, -0.2) is 0 Å². The number of aromatic nitrogens is 1. The number of benzene rings is 2. The van der Waals surface area contributed by atoms with E-state index in [4.69, 9.17) is 14.2 Å². The first-order valence-corrected chi connectivity index (χ1v) is 12.1. The summed E-state index contributed by atoms with van der Waals surface area (Å²) in [5, 5.41) is 11.3. The first kappa shape index (κ1) is 25.8. The van der Waals surface area contributed by atoms with E-state index in [0.717, 1.165) is 18.4 Å². The Morgan fingerprint density at radius 3 is 2.43 bits per heavy atom. The number of ketones is 1. The van der Waals surface area contributed by atoms with Gasteiger partial charge >= 0.3 is 0 Å². The van der Waals surface area contributed by atoms with E-state index >= 15 is 0 Å². The molecule has 8 heteroatoms. The van der Waals surface area contributed by atoms with Crippen LogP contribution in [-0.4, -0.2) is 47.5 Å². The molecule has 0 spiro atoms. The molecular weight excluding hydrogens is 472 g/mol. The number of carbonyl (C=O) groups excluding carboxylic acids is 2. The molecular formula is C29H30N2O6. The molecule has 0 radical (unpaired) electrons. The van der Waals surface area contributed by atoms with E-state index in [-0.39, 0.29) is 17.9 Å². The molecule has 0 aliphatic carbocycles. The molecule has 1 saturated heterocycles. The van der Waals surface area contributed by atoms with Gasteiger partial charge in [0.05, 0.1) is 32.4 Å². The number of carbonyl (C=O) groups is 2. The Kier molecular flexibility index (Phi) is 8.08. The van der Waals surface area contributed by atoms with Gasteiger partial charge in [0.1, 0.15) is 11.5 Å². The van der Waals surface area contributed by atoms with Gasteiger partial charge in [-0.05, 0) is 60.0 Å². The largest absolute Gasteiger partial charge is 0.507 e. The lowest BCUT2D eigenvalue weighted by atomic mass is 9.94. The molecule has 1 atom stereocenters. The van der Waals surface area contributed by atoms with Crippen LogP contribution in [0.25, 0.3) is 5.76 Å². The fourth-order valence-corrected chi connectivity index (χ4v) is 4.30. The van der Waals surface area contributed by atoms with Crippen LogP contribution in [0.1, 0.15) is 42.5 Å². The Hall–Kier alpha value is -4.33. The SMILES string of the molecule is CCCCOc1ccc(/C(O)=C2\C(=O)C(=O)N(Cc3cccnc3)[C@H]2c2ccc(OC)c(OC)c2)cc1. The molecule has 1 amide bonds. The summed E-state index contributed by atoms with van der Waals surface area (Å²) in [6.45, 7) is 2.82. The summed E-state index contributed by atoms with van der Waals surface area (Å²) in [5.41, 5.74) is 1.76. The Morgan fingerprint density at radius 2 is 1.78 bits per heavy atom. The number of pyridine rings is 1. The van der Waals surface area contributed by atoms with Crippen LogP contribution in [0.2, 0.25) is 0 Å². The quantitative estimate of drug-likeness (QED) is 0.182. The zero-order chi connectivity index (χ0) is 26.4.